The van der Waals surface area contributed by atoms with E-state index in [9.17, 15) is 9.90 Å². The Morgan fingerprint density at radius 2 is 1.92 bits per heavy atom. The summed E-state index contributed by atoms with van der Waals surface area (Å²) < 4.78 is 0. The van der Waals surface area contributed by atoms with Crippen LogP contribution in [0.4, 0.5) is 0 Å². The average Bonchev–Trinajstić information content (AvgIpc) is 3.16. The van der Waals surface area contributed by atoms with E-state index in [1.54, 1.807) is 0 Å². The van der Waals surface area contributed by atoms with Crippen LogP contribution in [0.25, 0.3) is 0 Å². The maximum Gasteiger partial charge on any atom is 0.260 e. The third kappa shape index (κ3) is 4.28. The summed E-state index contributed by atoms with van der Waals surface area (Å²) in [6.07, 6.45) is 16.9. The molecule has 0 radical (unpaired) electrons. The molecule has 1 aromatic rings. The van der Waals surface area contributed by atoms with Crippen LogP contribution in [0, 0.1) is 40.9 Å². The molecule has 0 heterocycles. The molecule has 5 heteroatoms. The van der Waals surface area contributed by atoms with Gasteiger partial charge in [-0.3, -0.25) is 4.79 Å². The number of rotatable bonds is 6. The van der Waals surface area contributed by atoms with Crippen molar-refractivity contribution in [1.82, 2.24) is 5.32 Å². The van der Waals surface area contributed by atoms with Gasteiger partial charge in [0.25, 0.3) is 5.91 Å². The summed E-state index contributed by atoms with van der Waals surface area (Å²) in [5.41, 5.74) is 2.70. The van der Waals surface area contributed by atoms with Crippen LogP contribution < -0.4 is 5.32 Å². The largest absolute Gasteiger partial charge is 0.385 e. The summed E-state index contributed by atoms with van der Waals surface area (Å²) in [4.78, 5) is 17.6. The molecule has 3 saturated carbocycles. The molecule has 0 spiro atoms. The van der Waals surface area contributed by atoms with E-state index in [1.165, 1.54) is 11.1 Å². The third-order valence-electron chi connectivity index (χ3n) is 10.3. The van der Waals surface area contributed by atoms with Crippen LogP contribution in [0.5, 0.6) is 0 Å². The van der Waals surface area contributed by atoms with E-state index in [0.717, 1.165) is 63.5 Å². The number of hydrogen-bond acceptors (Lipinski definition) is 4. The van der Waals surface area contributed by atoms with E-state index in [-0.39, 0.29) is 23.3 Å². The van der Waals surface area contributed by atoms with Crippen LogP contribution >= 0.6 is 0 Å². The summed E-state index contributed by atoms with van der Waals surface area (Å²) in [5.74, 6) is 4.41. The van der Waals surface area contributed by atoms with Gasteiger partial charge < -0.3 is 15.3 Å². The second kappa shape index (κ2) is 9.71. The number of oxime groups is 1. The monoisotopic (exact) mass is 488 g/mol. The van der Waals surface area contributed by atoms with E-state index in [2.05, 4.69) is 48.4 Å². The smallest absolute Gasteiger partial charge is 0.260 e. The molecule has 1 amide bonds. The highest BCUT2D eigenvalue weighted by atomic mass is 16.6. The Balaban J connectivity index is 1.17. The highest BCUT2D eigenvalue weighted by Gasteiger charge is 2.63. The molecule has 5 rings (SSSR count). The lowest BCUT2D eigenvalue weighted by atomic mass is 9.46. The molecule has 192 valence electrons. The number of carbonyl (C=O) groups excluding carboxylic acids is 1. The lowest BCUT2D eigenvalue weighted by molar-refractivity contribution is -0.125. The first-order valence-electron chi connectivity index (χ1n) is 13.7. The van der Waals surface area contributed by atoms with Gasteiger partial charge in [0.05, 0.1) is 5.71 Å². The van der Waals surface area contributed by atoms with Gasteiger partial charge in [-0.2, -0.15) is 0 Å². The predicted molar refractivity (Wildman–Crippen MR) is 142 cm³/mol. The summed E-state index contributed by atoms with van der Waals surface area (Å²) >= 11 is 0. The quantitative estimate of drug-likeness (QED) is 0.435. The molecule has 3 fully saturated rings. The van der Waals surface area contributed by atoms with Crippen LogP contribution in [0.1, 0.15) is 70.8 Å². The highest BCUT2D eigenvalue weighted by molar-refractivity contribution is 5.96. The minimum absolute atomic E-state index is 0.0538. The van der Waals surface area contributed by atoms with Gasteiger partial charge in [0, 0.05) is 12.0 Å². The molecular weight excluding hydrogens is 448 g/mol. The van der Waals surface area contributed by atoms with Gasteiger partial charge in [0.2, 0.25) is 0 Å². The zero-order chi connectivity index (χ0) is 25.4. The fourth-order valence-electron chi connectivity index (χ4n) is 8.11. The molecular formula is C31H40N2O3. The molecule has 5 nitrogen and oxygen atoms in total. The first-order chi connectivity index (χ1) is 17.3. The number of nitrogens with zero attached hydrogens (tertiary/aromatic N) is 1. The molecule has 36 heavy (non-hydrogen) atoms. The van der Waals surface area contributed by atoms with Crippen molar-refractivity contribution in [3.63, 3.8) is 0 Å². The van der Waals surface area contributed by atoms with Gasteiger partial charge in [-0.25, -0.2) is 0 Å². The number of terminal acetylenes is 1. The minimum atomic E-state index is -0.947. The van der Waals surface area contributed by atoms with Gasteiger partial charge in [-0.15, -0.1) is 6.42 Å². The SMILES string of the molecule is C#C[C@@]1(O)CC[C@@H]2[C@@H]3CCC4=CC(=NOCC(=O)NCCc5ccccc5)CC[C@]4(C)[C@H]3CC[C@@]21C. The number of benzene rings is 1. The molecule has 0 saturated heterocycles. The Kier molecular flexibility index (Phi) is 6.76. The molecule has 4 aliphatic rings. The number of fused-ring (bicyclic) bond motifs is 5. The molecule has 1 aromatic carbocycles. The van der Waals surface area contributed by atoms with Crippen LogP contribution in [0.2, 0.25) is 0 Å². The van der Waals surface area contributed by atoms with Crippen molar-refractivity contribution in [3.05, 3.63) is 47.5 Å². The number of amides is 1. The maximum absolute atomic E-state index is 12.1. The summed E-state index contributed by atoms with van der Waals surface area (Å²) in [6, 6.07) is 10.1. The number of allylic oxidation sites excluding steroid dienone is 2. The standard InChI is InChI=1S/C31H40N2O3/c1-4-31(35)18-14-27-25-11-10-23-20-24(12-16-29(23,2)26(25)13-17-30(27,31)3)33-36-21-28(34)32-19-15-22-8-6-5-7-9-22/h1,5-9,20,25-27,35H,10-19,21H2,2-3H3,(H,32,34)/t25-,26+,27-,29+,30+,31-/m1/s1. The predicted octanol–water partition coefficient (Wildman–Crippen LogP) is 5.05. The number of hydrogen-bond donors (Lipinski definition) is 2. The second-order valence-electron chi connectivity index (χ2n) is 11.9. The van der Waals surface area contributed by atoms with E-state index in [0.29, 0.717) is 24.3 Å². The molecule has 0 unspecified atom stereocenters. The molecule has 0 aliphatic heterocycles. The van der Waals surface area contributed by atoms with Gasteiger partial charge in [-0.05, 0) is 92.6 Å². The molecule has 2 N–H and O–H groups in total. The van der Waals surface area contributed by atoms with Crippen molar-refractivity contribution in [1.29, 1.82) is 0 Å². The highest BCUT2D eigenvalue weighted by Crippen LogP contribution is 2.67. The molecule has 6 atom stereocenters. The van der Waals surface area contributed by atoms with E-state index in [4.69, 9.17) is 11.3 Å². The summed E-state index contributed by atoms with van der Waals surface area (Å²) in [5, 5.41) is 18.4. The fraction of sp³-hybridized carbons (Fsp3) is 0.613. The molecule has 0 bridgehead atoms. The second-order valence-corrected chi connectivity index (χ2v) is 11.9. The Hall–Kier alpha value is -2.58. The van der Waals surface area contributed by atoms with Gasteiger partial charge in [0.15, 0.2) is 6.61 Å². The minimum Gasteiger partial charge on any atom is -0.385 e. The number of carbonyl (C=O) groups is 1. The van der Waals surface area contributed by atoms with Crippen LogP contribution in [-0.4, -0.2) is 35.5 Å². The maximum atomic E-state index is 12.1. The lowest BCUT2D eigenvalue weighted by Crippen LogP contribution is -2.54. The Morgan fingerprint density at radius 1 is 1.14 bits per heavy atom. The lowest BCUT2D eigenvalue weighted by Gasteiger charge is -2.58. The zero-order valence-corrected chi connectivity index (χ0v) is 21.8. The number of nitrogens with one attached hydrogen (secondary N) is 1. The Bertz CT molecular complexity index is 1090. The average molecular weight is 489 g/mol. The number of aliphatic hydroxyl groups is 1. The van der Waals surface area contributed by atoms with Crippen molar-refractivity contribution in [3.8, 4) is 12.3 Å². The molecule has 0 aromatic heterocycles. The van der Waals surface area contributed by atoms with Crippen LogP contribution in [0.15, 0.2) is 47.1 Å². The van der Waals surface area contributed by atoms with Crippen LogP contribution in [-0.2, 0) is 16.1 Å². The fourth-order valence-corrected chi connectivity index (χ4v) is 8.11. The normalized spacial score (nSPS) is 38.2. The topological polar surface area (TPSA) is 70.9 Å². The van der Waals surface area contributed by atoms with Crippen molar-refractivity contribution < 1.29 is 14.7 Å². The van der Waals surface area contributed by atoms with Crippen molar-refractivity contribution >= 4 is 11.6 Å². The van der Waals surface area contributed by atoms with E-state index in [1.807, 2.05) is 18.2 Å². The van der Waals surface area contributed by atoms with Crippen molar-refractivity contribution in [2.75, 3.05) is 13.2 Å². The zero-order valence-electron chi connectivity index (χ0n) is 21.8. The van der Waals surface area contributed by atoms with Gasteiger partial charge in [0.1, 0.15) is 5.60 Å². The Morgan fingerprint density at radius 3 is 2.69 bits per heavy atom. The van der Waals surface area contributed by atoms with Gasteiger partial charge in [-0.1, -0.05) is 60.8 Å². The molecule has 4 aliphatic carbocycles. The third-order valence-corrected chi connectivity index (χ3v) is 10.3. The first-order valence-corrected chi connectivity index (χ1v) is 13.7. The first kappa shape index (κ1) is 25.1. The van der Waals surface area contributed by atoms with Gasteiger partial charge >= 0.3 is 0 Å². The van der Waals surface area contributed by atoms with Crippen LogP contribution in [0.3, 0.4) is 0 Å². The summed E-state index contributed by atoms with van der Waals surface area (Å²) in [6.45, 7) is 5.22. The van der Waals surface area contributed by atoms with E-state index >= 15 is 0 Å². The van der Waals surface area contributed by atoms with E-state index < -0.39 is 5.60 Å². The van der Waals surface area contributed by atoms with Crippen molar-refractivity contribution in [2.24, 2.45) is 33.7 Å². The summed E-state index contributed by atoms with van der Waals surface area (Å²) in [7, 11) is 0. The Labute approximate surface area is 215 Å². The van der Waals surface area contributed by atoms with Crippen molar-refractivity contribution in [2.45, 2.75) is 77.2 Å².